The summed E-state index contributed by atoms with van der Waals surface area (Å²) in [5.41, 5.74) is 0. The van der Waals surface area contributed by atoms with E-state index in [0.29, 0.717) is 6.10 Å². The summed E-state index contributed by atoms with van der Waals surface area (Å²) in [6.45, 7) is 8.23. The molecule has 0 radical (unpaired) electrons. The Morgan fingerprint density at radius 2 is 1.94 bits per heavy atom. The number of likely N-dealkylation sites (tertiary alicyclic amines) is 1. The summed E-state index contributed by atoms with van der Waals surface area (Å²) in [6.07, 6.45) is 5.22. The molecule has 1 aliphatic rings. The maximum absolute atomic E-state index is 5.73. The molecule has 0 N–H and O–H groups in total. The van der Waals surface area contributed by atoms with Crippen LogP contribution in [-0.4, -0.2) is 55.8 Å². The third-order valence-corrected chi connectivity index (χ3v) is 3.48. The average molecular weight is 308 g/mol. The summed E-state index contributed by atoms with van der Waals surface area (Å²) in [4.78, 5) is 2.49. The van der Waals surface area contributed by atoms with Crippen molar-refractivity contribution in [2.45, 2.75) is 38.7 Å². The van der Waals surface area contributed by atoms with Crippen molar-refractivity contribution in [1.29, 1.82) is 0 Å². The molecule has 3 nitrogen and oxygen atoms in total. The Balaban J connectivity index is 1.95. The fourth-order valence-corrected chi connectivity index (χ4v) is 2.24. The Morgan fingerprint density at radius 3 is 2.59 bits per heavy atom. The van der Waals surface area contributed by atoms with Gasteiger partial charge in [-0.1, -0.05) is 29.3 Å². The van der Waals surface area contributed by atoms with Gasteiger partial charge < -0.3 is 14.4 Å². The molecule has 0 spiro atoms. The second-order valence-corrected chi connectivity index (χ2v) is 5.36. The summed E-state index contributed by atoms with van der Waals surface area (Å²) in [5.74, 6) is 0. The van der Waals surface area contributed by atoms with Crippen LogP contribution in [0.2, 0.25) is 0 Å². The second kappa shape index (κ2) is 10.3. The zero-order valence-corrected chi connectivity index (χ0v) is 12.6. The molecular weight excluding hydrogens is 282 g/mol. The normalized spacial score (nSPS) is 18.7. The Labute approximate surface area is 114 Å². The van der Waals surface area contributed by atoms with Crippen LogP contribution >= 0.6 is 15.9 Å². The van der Waals surface area contributed by atoms with Gasteiger partial charge in [0.2, 0.25) is 0 Å². The van der Waals surface area contributed by atoms with Crippen LogP contribution in [0, 0.1) is 0 Å². The number of alkyl halides is 1. The van der Waals surface area contributed by atoms with Gasteiger partial charge in [-0.2, -0.15) is 0 Å². The summed E-state index contributed by atoms with van der Waals surface area (Å²) < 4.78 is 11.3. The first kappa shape index (κ1) is 15.4. The molecule has 0 amide bonds. The van der Waals surface area contributed by atoms with Gasteiger partial charge in [0.05, 0.1) is 19.3 Å². The Bertz CT molecular complexity index is 170. The molecule has 0 aliphatic carbocycles. The molecule has 17 heavy (non-hydrogen) atoms. The van der Waals surface area contributed by atoms with E-state index in [4.69, 9.17) is 9.47 Å². The topological polar surface area (TPSA) is 21.7 Å². The molecule has 1 saturated heterocycles. The van der Waals surface area contributed by atoms with Crippen molar-refractivity contribution in [3.63, 3.8) is 0 Å². The fourth-order valence-electron chi connectivity index (χ4n) is 2.05. The highest BCUT2D eigenvalue weighted by atomic mass is 79.9. The molecule has 0 aromatic heterocycles. The van der Waals surface area contributed by atoms with E-state index < -0.39 is 0 Å². The standard InChI is InChI=1S/C13H26BrNO2/c1-2-3-10-16-12-9-15-7-4-13(5-8-15)17-11-6-14/h13H,2-12H2,1H3. The van der Waals surface area contributed by atoms with Crippen molar-refractivity contribution >= 4 is 15.9 Å². The smallest absolute Gasteiger partial charge is 0.0599 e. The van der Waals surface area contributed by atoms with Gasteiger partial charge in [0, 0.05) is 31.6 Å². The number of nitrogens with zero attached hydrogens (tertiary/aromatic N) is 1. The minimum Gasteiger partial charge on any atom is -0.380 e. The molecule has 0 saturated carbocycles. The Hall–Kier alpha value is 0.360. The van der Waals surface area contributed by atoms with Crippen LogP contribution in [0.4, 0.5) is 0 Å². The van der Waals surface area contributed by atoms with Gasteiger partial charge >= 0.3 is 0 Å². The molecule has 0 aromatic rings. The first-order chi connectivity index (χ1) is 8.36. The maximum Gasteiger partial charge on any atom is 0.0599 e. The molecule has 0 atom stereocenters. The third kappa shape index (κ3) is 7.39. The summed E-state index contributed by atoms with van der Waals surface area (Å²) in [7, 11) is 0. The van der Waals surface area contributed by atoms with E-state index in [1.807, 2.05) is 0 Å². The van der Waals surface area contributed by atoms with Gasteiger partial charge in [-0.05, 0) is 19.3 Å². The molecule has 102 valence electrons. The first-order valence-electron chi connectivity index (χ1n) is 6.84. The van der Waals surface area contributed by atoms with E-state index in [2.05, 4.69) is 27.8 Å². The number of halogens is 1. The van der Waals surface area contributed by atoms with E-state index >= 15 is 0 Å². The van der Waals surface area contributed by atoms with Gasteiger partial charge in [-0.3, -0.25) is 0 Å². The Kier molecular flexibility index (Phi) is 9.34. The highest BCUT2D eigenvalue weighted by Gasteiger charge is 2.18. The van der Waals surface area contributed by atoms with Crippen molar-refractivity contribution in [1.82, 2.24) is 4.90 Å². The van der Waals surface area contributed by atoms with Gasteiger partial charge in [0.1, 0.15) is 0 Å². The van der Waals surface area contributed by atoms with Crippen molar-refractivity contribution < 1.29 is 9.47 Å². The monoisotopic (exact) mass is 307 g/mol. The number of hydrogen-bond donors (Lipinski definition) is 0. The summed E-state index contributed by atoms with van der Waals surface area (Å²) in [6, 6.07) is 0. The zero-order valence-electron chi connectivity index (χ0n) is 11.0. The van der Waals surface area contributed by atoms with E-state index in [9.17, 15) is 0 Å². The molecular formula is C13H26BrNO2. The van der Waals surface area contributed by atoms with E-state index in [1.165, 1.54) is 25.7 Å². The molecule has 0 unspecified atom stereocenters. The zero-order chi connectivity index (χ0) is 12.3. The van der Waals surface area contributed by atoms with E-state index in [1.54, 1.807) is 0 Å². The second-order valence-electron chi connectivity index (χ2n) is 4.57. The van der Waals surface area contributed by atoms with Crippen molar-refractivity contribution in [3.05, 3.63) is 0 Å². The number of unbranched alkanes of at least 4 members (excludes halogenated alkanes) is 1. The summed E-state index contributed by atoms with van der Waals surface area (Å²) >= 11 is 3.39. The van der Waals surface area contributed by atoms with Gasteiger partial charge in [-0.15, -0.1) is 0 Å². The van der Waals surface area contributed by atoms with E-state index in [0.717, 1.165) is 44.8 Å². The van der Waals surface area contributed by atoms with Crippen molar-refractivity contribution in [3.8, 4) is 0 Å². The van der Waals surface area contributed by atoms with Crippen molar-refractivity contribution in [2.24, 2.45) is 0 Å². The van der Waals surface area contributed by atoms with Crippen LogP contribution in [0.3, 0.4) is 0 Å². The lowest BCUT2D eigenvalue weighted by Gasteiger charge is -2.31. The largest absolute Gasteiger partial charge is 0.380 e. The highest BCUT2D eigenvalue weighted by molar-refractivity contribution is 9.09. The molecule has 1 fully saturated rings. The molecule has 4 heteroatoms. The molecule has 1 rings (SSSR count). The summed E-state index contributed by atoms with van der Waals surface area (Å²) in [5, 5.41) is 0.943. The minimum atomic E-state index is 0.477. The van der Waals surface area contributed by atoms with Crippen LogP contribution < -0.4 is 0 Å². The number of rotatable bonds is 9. The molecule has 0 bridgehead atoms. The van der Waals surface area contributed by atoms with Crippen LogP contribution in [0.25, 0.3) is 0 Å². The van der Waals surface area contributed by atoms with Crippen LogP contribution in [0.1, 0.15) is 32.6 Å². The third-order valence-electron chi connectivity index (χ3n) is 3.16. The van der Waals surface area contributed by atoms with Crippen LogP contribution in [0.15, 0.2) is 0 Å². The van der Waals surface area contributed by atoms with Crippen LogP contribution in [-0.2, 0) is 9.47 Å². The lowest BCUT2D eigenvalue weighted by atomic mass is 10.1. The average Bonchev–Trinajstić information content (AvgIpc) is 2.37. The lowest BCUT2D eigenvalue weighted by molar-refractivity contribution is 0.00811. The van der Waals surface area contributed by atoms with Crippen LogP contribution in [0.5, 0.6) is 0 Å². The van der Waals surface area contributed by atoms with Gasteiger partial charge in [0.25, 0.3) is 0 Å². The number of hydrogen-bond acceptors (Lipinski definition) is 3. The van der Waals surface area contributed by atoms with E-state index in [-0.39, 0.29) is 0 Å². The van der Waals surface area contributed by atoms with Gasteiger partial charge in [0.15, 0.2) is 0 Å². The van der Waals surface area contributed by atoms with Crippen molar-refractivity contribution in [2.75, 3.05) is 44.8 Å². The molecule has 0 aromatic carbocycles. The molecule has 1 heterocycles. The molecule has 1 aliphatic heterocycles. The SMILES string of the molecule is CCCCOCCN1CCC(OCCBr)CC1. The lowest BCUT2D eigenvalue weighted by Crippen LogP contribution is -2.39. The Morgan fingerprint density at radius 1 is 1.18 bits per heavy atom. The number of piperidine rings is 1. The van der Waals surface area contributed by atoms with Gasteiger partial charge in [-0.25, -0.2) is 0 Å². The maximum atomic E-state index is 5.73. The fraction of sp³-hybridized carbons (Fsp3) is 1.00. The number of ether oxygens (including phenoxy) is 2. The first-order valence-corrected chi connectivity index (χ1v) is 7.96. The predicted molar refractivity (Wildman–Crippen MR) is 74.9 cm³/mol. The minimum absolute atomic E-state index is 0.477. The highest BCUT2D eigenvalue weighted by Crippen LogP contribution is 2.13. The predicted octanol–water partition coefficient (Wildman–Crippen LogP) is 2.68. The quantitative estimate of drug-likeness (QED) is 0.483.